The first-order valence-electron chi connectivity index (χ1n) is 10.1. The summed E-state index contributed by atoms with van der Waals surface area (Å²) in [5.41, 5.74) is 0.318. The van der Waals surface area contributed by atoms with Crippen LogP contribution in [0.15, 0.2) is 11.6 Å². The zero-order valence-corrected chi connectivity index (χ0v) is 20.8. The smallest absolute Gasteiger partial charge is 0.302 e. The van der Waals surface area contributed by atoms with Gasteiger partial charge < -0.3 is 28.1 Å². The summed E-state index contributed by atoms with van der Waals surface area (Å²) < 4.78 is 35.3. The molecule has 30 heavy (non-hydrogen) atoms. The molecule has 172 valence electrons. The summed E-state index contributed by atoms with van der Waals surface area (Å²) in [7, 11) is 0.726. The number of ketones is 1. The van der Waals surface area contributed by atoms with Gasteiger partial charge in [-0.05, 0) is 38.1 Å². The summed E-state index contributed by atoms with van der Waals surface area (Å²) in [5.74, 6) is -3.39. The number of esters is 1. The monoisotopic (exact) mass is 444 g/mol. The molecule has 1 aliphatic carbocycles. The van der Waals surface area contributed by atoms with Crippen molar-refractivity contribution in [1.29, 1.82) is 0 Å². The van der Waals surface area contributed by atoms with Crippen LogP contribution in [0.4, 0.5) is 0 Å². The lowest BCUT2D eigenvalue weighted by Gasteiger charge is -2.54. The first-order valence-corrected chi connectivity index (χ1v) is 13.0. The lowest BCUT2D eigenvalue weighted by Crippen LogP contribution is -2.70. The van der Waals surface area contributed by atoms with Crippen LogP contribution >= 0.6 is 0 Å². The van der Waals surface area contributed by atoms with Crippen LogP contribution in [0.25, 0.3) is 0 Å². The fourth-order valence-electron chi connectivity index (χ4n) is 3.23. The number of Topliss-reactive ketones (excluding diaryl/α,β-unsaturated/α-hetero) is 1. The van der Waals surface area contributed by atoms with Crippen molar-refractivity contribution in [1.82, 2.24) is 0 Å². The molecule has 0 aromatic heterocycles. The third kappa shape index (κ3) is 4.56. The van der Waals surface area contributed by atoms with Crippen LogP contribution < -0.4 is 0 Å². The van der Waals surface area contributed by atoms with Gasteiger partial charge in [-0.25, -0.2) is 0 Å². The molecule has 0 N–H and O–H groups in total. The number of methoxy groups -OCH3 is 2. The van der Waals surface area contributed by atoms with E-state index in [0.29, 0.717) is 5.57 Å². The van der Waals surface area contributed by atoms with Crippen molar-refractivity contribution in [2.75, 3.05) is 20.8 Å². The third-order valence-electron chi connectivity index (χ3n) is 6.55. The second-order valence-electron chi connectivity index (χ2n) is 9.60. The van der Waals surface area contributed by atoms with E-state index >= 15 is 0 Å². The molecule has 2 rings (SSSR count). The lowest BCUT2D eigenvalue weighted by atomic mass is 9.88. The van der Waals surface area contributed by atoms with Gasteiger partial charge in [0.25, 0.3) is 0 Å². The average Bonchev–Trinajstić information content (AvgIpc) is 2.63. The molecule has 1 aliphatic heterocycles. The molecule has 0 aromatic rings. The molecule has 5 atom stereocenters. The Bertz CT molecular complexity index is 712. The average molecular weight is 445 g/mol. The Kier molecular flexibility index (Phi) is 7.08. The number of carbonyl (C=O) groups is 2. The molecule has 1 saturated heterocycles. The molecule has 0 saturated carbocycles. The highest BCUT2D eigenvalue weighted by molar-refractivity contribution is 6.74. The molecule has 1 fully saturated rings. The third-order valence-corrected chi connectivity index (χ3v) is 11.0. The van der Waals surface area contributed by atoms with E-state index in [1.54, 1.807) is 19.9 Å². The minimum Gasteiger partial charge on any atom is -0.461 e. The van der Waals surface area contributed by atoms with Crippen molar-refractivity contribution >= 4 is 20.1 Å². The van der Waals surface area contributed by atoms with Crippen molar-refractivity contribution in [3.05, 3.63) is 11.6 Å². The van der Waals surface area contributed by atoms with Crippen molar-refractivity contribution in [2.24, 2.45) is 0 Å². The summed E-state index contributed by atoms with van der Waals surface area (Å²) in [5, 5.41) is -0.0605. The van der Waals surface area contributed by atoms with Gasteiger partial charge in [0.15, 0.2) is 20.2 Å². The van der Waals surface area contributed by atoms with E-state index < -0.39 is 44.2 Å². The van der Waals surface area contributed by atoms with Gasteiger partial charge in [0.1, 0.15) is 12.7 Å². The fourth-order valence-corrected chi connectivity index (χ4v) is 4.46. The van der Waals surface area contributed by atoms with Crippen molar-refractivity contribution in [3.63, 3.8) is 0 Å². The highest BCUT2D eigenvalue weighted by Gasteiger charge is 2.61. The SMILES string of the molecule is CO[C@]1(C)O[C@H]2[C@H](O[C@@]1(C)OC)C(=O)C(COC(C)=O)=C[C@H]2O[Si](C)(C)C(C)(C)C. The van der Waals surface area contributed by atoms with E-state index in [-0.39, 0.29) is 17.4 Å². The summed E-state index contributed by atoms with van der Waals surface area (Å²) >= 11 is 0. The van der Waals surface area contributed by atoms with Crippen molar-refractivity contribution in [2.45, 2.75) is 89.6 Å². The Morgan fingerprint density at radius 1 is 1.13 bits per heavy atom. The van der Waals surface area contributed by atoms with Crippen LogP contribution in [-0.4, -0.2) is 70.8 Å². The van der Waals surface area contributed by atoms with Crippen LogP contribution in [0.5, 0.6) is 0 Å². The molecule has 8 nitrogen and oxygen atoms in total. The Balaban J connectivity index is 2.49. The van der Waals surface area contributed by atoms with Gasteiger partial charge >= 0.3 is 5.97 Å². The predicted molar refractivity (Wildman–Crippen MR) is 112 cm³/mol. The summed E-state index contributed by atoms with van der Waals surface area (Å²) in [6.07, 6.45) is -0.596. The maximum absolute atomic E-state index is 13.2. The predicted octanol–water partition coefficient (Wildman–Crippen LogP) is 2.96. The van der Waals surface area contributed by atoms with Crippen LogP contribution in [0, 0.1) is 0 Å². The second-order valence-corrected chi connectivity index (χ2v) is 14.4. The van der Waals surface area contributed by atoms with Crippen LogP contribution in [0.3, 0.4) is 0 Å². The fraction of sp³-hybridized carbons (Fsp3) is 0.810. The molecule has 0 unspecified atom stereocenters. The Labute approximate surface area is 180 Å². The first kappa shape index (κ1) is 25.2. The highest BCUT2D eigenvalue weighted by Crippen LogP contribution is 2.45. The van der Waals surface area contributed by atoms with Gasteiger partial charge in [0.2, 0.25) is 11.6 Å². The van der Waals surface area contributed by atoms with E-state index in [0.717, 1.165) is 0 Å². The Morgan fingerprint density at radius 3 is 2.13 bits per heavy atom. The van der Waals surface area contributed by atoms with E-state index in [1.807, 2.05) is 0 Å². The first-order chi connectivity index (χ1) is 13.6. The largest absolute Gasteiger partial charge is 0.461 e. The molecule has 9 heteroatoms. The number of carbonyl (C=O) groups excluding carboxylic acids is 2. The normalized spacial score (nSPS) is 34.9. The number of ether oxygens (including phenoxy) is 5. The van der Waals surface area contributed by atoms with Gasteiger partial charge in [-0.1, -0.05) is 20.8 Å². The van der Waals surface area contributed by atoms with E-state index in [4.69, 9.17) is 28.1 Å². The number of hydrogen-bond acceptors (Lipinski definition) is 8. The standard InChI is InChI=1S/C21H36O8Si/c1-13(22)26-12-14-11-15(29-30(9,10)19(2,3)4)17-18(16(14)23)28-21(6,25-8)20(5,24-7)27-17/h11,15,17-18H,12H2,1-10H3/t15-,17-,18-,20-,21-/m1/s1. The number of hydrogen-bond donors (Lipinski definition) is 0. The molecular weight excluding hydrogens is 408 g/mol. The molecule has 0 amide bonds. The van der Waals surface area contributed by atoms with E-state index in [1.165, 1.54) is 21.1 Å². The number of rotatable bonds is 6. The van der Waals surface area contributed by atoms with Crippen LogP contribution in [0.1, 0.15) is 41.5 Å². The van der Waals surface area contributed by atoms with Gasteiger partial charge in [-0.3, -0.25) is 9.59 Å². The Hall–Kier alpha value is -1.10. The van der Waals surface area contributed by atoms with Crippen molar-refractivity contribution in [3.8, 4) is 0 Å². The minimum atomic E-state index is -2.24. The minimum absolute atomic E-state index is 0.0605. The molecule has 2 aliphatic rings. The summed E-state index contributed by atoms with van der Waals surface area (Å²) in [4.78, 5) is 24.5. The summed E-state index contributed by atoms with van der Waals surface area (Å²) in [6.45, 7) is 15.2. The maximum atomic E-state index is 13.2. The van der Waals surface area contributed by atoms with Gasteiger partial charge in [0.05, 0.1) is 6.10 Å². The molecule has 1 heterocycles. The molecule has 0 radical (unpaired) electrons. The molecule has 0 aromatic carbocycles. The quantitative estimate of drug-likeness (QED) is 0.456. The van der Waals surface area contributed by atoms with Crippen molar-refractivity contribution < 1.29 is 37.7 Å². The molecular formula is C21H36O8Si. The lowest BCUT2D eigenvalue weighted by molar-refractivity contribution is -0.446. The zero-order valence-electron chi connectivity index (χ0n) is 19.8. The summed E-state index contributed by atoms with van der Waals surface area (Å²) in [6, 6.07) is 0. The molecule has 0 spiro atoms. The van der Waals surface area contributed by atoms with Gasteiger partial charge in [-0.15, -0.1) is 0 Å². The zero-order chi connectivity index (χ0) is 23.1. The van der Waals surface area contributed by atoms with E-state index in [9.17, 15) is 9.59 Å². The second kappa shape index (κ2) is 8.44. The van der Waals surface area contributed by atoms with Crippen LogP contribution in [-0.2, 0) is 37.7 Å². The van der Waals surface area contributed by atoms with E-state index in [2.05, 4.69) is 33.9 Å². The molecule has 0 bridgehead atoms. The van der Waals surface area contributed by atoms with Gasteiger partial charge in [-0.2, -0.15) is 0 Å². The Morgan fingerprint density at radius 2 is 1.67 bits per heavy atom. The van der Waals surface area contributed by atoms with Gasteiger partial charge in [0, 0.05) is 26.7 Å². The topological polar surface area (TPSA) is 89.5 Å². The van der Waals surface area contributed by atoms with Crippen LogP contribution in [0.2, 0.25) is 18.1 Å². The highest BCUT2D eigenvalue weighted by atomic mass is 28.4. The maximum Gasteiger partial charge on any atom is 0.302 e. The number of fused-ring (bicyclic) bond motifs is 1.